The Balaban J connectivity index is 1.56. The summed E-state index contributed by atoms with van der Waals surface area (Å²) in [5, 5.41) is 10.8. The zero-order chi connectivity index (χ0) is 13.1. The smallest absolute Gasteiger partial charge is 0.224 e. The second kappa shape index (κ2) is 5.01. The fourth-order valence-corrected chi connectivity index (χ4v) is 1.79. The van der Waals surface area contributed by atoms with Crippen LogP contribution in [-0.4, -0.2) is 41.1 Å². The zero-order valence-electron chi connectivity index (χ0n) is 10.6. The highest BCUT2D eigenvalue weighted by Crippen LogP contribution is 2.09. The second-order valence-electron chi connectivity index (χ2n) is 4.20. The van der Waals surface area contributed by atoms with Crippen molar-refractivity contribution in [2.45, 2.75) is 13.0 Å². The lowest BCUT2D eigenvalue weighted by atomic mass is 10.4. The van der Waals surface area contributed by atoms with E-state index in [1.54, 1.807) is 23.4 Å². The van der Waals surface area contributed by atoms with Crippen molar-refractivity contribution in [1.82, 2.24) is 34.5 Å². The molecule has 0 aliphatic carbocycles. The van der Waals surface area contributed by atoms with Crippen molar-refractivity contribution in [2.24, 2.45) is 7.05 Å². The SMILES string of the molecule is Cn1cnc2nc(NCCCn3ccnn3)ncc21. The van der Waals surface area contributed by atoms with Crippen LogP contribution < -0.4 is 5.32 Å². The molecule has 98 valence electrons. The van der Waals surface area contributed by atoms with Gasteiger partial charge in [-0.15, -0.1) is 5.10 Å². The maximum atomic E-state index is 4.34. The van der Waals surface area contributed by atoms with Crippen LogP contribution in [0.15, 0.2) is 24.9 Å². The number of aromatic nitrogens is 7. The molecule has 1 N–H and O–H groups in total. The van der Waals surface area contributed by atoms with Crippen LogP contribution in [0.5, 0.6) is 0 Å². The molecular weight excluding hydrogens is 244 g/mol. The van der Waals surface area contributed by atoms with Gasteiger partial charge in [0.15, 0.2) is 5.65 Å². The maximum Gasteiger partial charge on any atom is 0.224 e. The summed E-state index contributed by atoms with van der Waals surface area (Å²) in [6.45, 7) is 1.59. The molecule has 0 amide bonds. The number of hydrogen-bond acceptors (Lipinski definition) is 6. The van der Waals surface area contributed by atoms with E-state index < -0.39 is 0 Å². The molecule has 8 heteroatoms. The molecule has 3 rings (SSSR count). The number of nitrogens with one attached hydrogen (secondary N) is 1. The van der Waals surface area contributed by atoms with Crippen molar-refractivity contribution < 1.29 is 0 Å². The summed E-state index contributed by atoms with van der Waals surface area (Å²) in [5.41, 5.74) is 1.63. The molecule has 0 radical (unpaired) electrons. The molecule has 0 aliphatic rings. The summed E-state index contributed by atoms with van der Waals surface area (Å²) >= 11 is 0. The van der Waals surface area contributed by atoms with E-state index in [1.165, 1.54) is 0 Å². The Morgan fingerprint density at radius 3 is 3.11 bits per heavy atom. The highest BCUT2D eigenvalue weighted by atomic mass is 15.4. The van der Waals surface area contributed by atoms with E-state index in [2.05, 4.69) is 30.6 Å². The first-order valence-electron chi connectivity index (χ1n) is 6.05. The highest BCUT2D eigenvalue weighted by Gasteiger charge is 2.03. The molecule has 8 nitrogen and oxygen atoms in total. The summed E-state index contributed by atoms with van der Waals surface area (Å²) < 4.78 is 3.69. The van der Waals surface area contributed by atoms with E-state index in [0.717, 1.165) is 25.0 Å². The third-order valence-corrected chi connectivity index (χ3v) is 2.80. The molecule has 0 unspecified atom stereocenters. The van der Waals surface area contributed by atoms with E-state index >= 15 is 0 Å². The molecule has 0 saturated heterocycles. The van der Waals surface area contributed by atoms with Gasteiger partial charge in [0.25, 0.3) is 0 Å². The largest absolute Gasteiger partial charge is 0.354 e. The van der Waals surface area contributed by atoms with Crippen molar-refractivity contribution in [1.29, 1.82) is 0 Å². The molecule has 3 aromatic heterocycles. The first kappa shape index (κ1) is 11.6. The number of aryl methyl sites for hydroxylation is 2. The third kappa shape index (κ3) is 2.51. The molecule has 0 bridgehead atoms. The first-order chi connectivity index (χ1) is 9.33. The Morgan fingerprint density at radius 2 is 2.26 bits per heavy atom. The minimum Gasteiger partial charge on any atom is -0.354 e. The minimum atomic E-state index is 0.602. The molecule has 0 aliphatic heterocycles. The molecule has 0 fully saturated rings. The quantitative estimate of drug-likeness (QED) is 0.669. The lowest BCUT2D eigenvalue weighted by Gasteiger charge is -2.04. The van der Waals surface area contributed by atoms with Gasteiger partial charge < -0.3 is 9.88 Å². The normalized spacial score (nSPS) is 11.0. The van der Waals surface area contributed by atoms with Crippen LogP contribution in [0.2, 0.25) is 0 Å². The number of anilines is 1. The Labute approximate surface area is 109 Å². The number of hydrogen-bond donors (Lipinski definition) is 1. The standard InChI is InChI=1S/C11H14N8/c1-18-8-14-10-9(18)7-13-11(16-10)12-3-2-5-19-6-4-15-17-19/h4,6-8H,2-3,5H2,1H3,(H,12,13,16). The molecule has 19 heavy (non-hydrogen) atoms. The van der Waals surface area contributed by atoms with E-state index in [9.17, 15) is 0 Å². The van der Waals surface area contributed by atoms with Gasteiger partial charge >= 0.3 is 0 Å². The van der Waals surface area contributed by atoms with Gasteiger partial charge in [-0.3, -0.25) is 4.68 Å². The van der Waals surface area contributed by atoms with Gasteiger partial charge in [0.2, 0.25) is 5.95 Å². The average molecular weight is 258 g/mol. The van der Waals surface area contributed by atoms with Crippen molar-refractivity contribution in [3.8, 4) is 0 Å². The van der Waals surface area contributed by atoms with Gasteiger partial charge in [-0.25, -0.2) is 9.97 Å². The van der Waals surface area contributed by atoms with Crippen molar-refractivity contribution in [2.75, 3.05) is 11.9 Å². The third-order valence-electron chi connectivity index (χ3n) is 2.80. The van der Waals surface area contributed by atoms with E-state index in [4.69, 9.17) is 0 Å². The Kier molecular flexibility index (Phi) is 3.05. The first-order valence-corrected chi connectivity index (χ1v) is 6.05. The minimum absolute atomic E-state index is 0.602. The molecule has 0 aromatic carbocycles. The van der Waals surface area contributed by atoms with Crippen molar-refractivity contribution in [3.05, 3.63) is 24.9 Å². The number of nitrogens with zero attached hydrogens (tertiary/aromatic N) is 7. The summed E-state index contributed by atoms with van der Waals surface area (Å²) in [6, 6.07) is 0. The fraction of sp³-hybridized carbons (Fsp3) is 0.364. The lowest BCUT2D eigenvalue weighted by Crippen LogP contribution is -2.09. The Bertz CT molecular complexity index is 656. The van der Waals surface area contributed by atoms with E-state index in [1.807, 2.05) is 17.8 Å². The summed E-state index contributed by atoms with van der Waals surface area (Å²) in [4.78, 5) is 12.8. The van der Waals surface area contributed by atoms with Gasteiger partial charge in [0.05, 0.1) is 18.7 Å². The van der Waals surface area contributed by atoms with Crippen molar-refractivity contribution in [3.63, 3.8) is 0 Å². The molecular formula is C11H14N8. The van der Waals surface area contributed by atoms with Gasteiger partial charge in [-0.1, -0.05) is 5.21 Å². The van der Waals surface area contributed by atoms with Gasteiger partial charge in [0.1, 0.15) is 5.52 Å². The van der Waals surface area contributed by atoms with Gasteiger partial charge in [0, 0.05) is 26.3 Å². The number of imidazole rings is 1. The molecule has 3 aromatic rings. The van der Waals surface area contributed by atoms with Crippen LogP contribution >= 0.6 is 0 Å². The summed E-state index contributed by atoms with van der Waals surface area (Å²) in [7, 11) is 1.92. The number of rotatable bonds is 5. The summed E-state index contributed by atoms with van der Waals surface area (Å²) in [5.74, 6) is 0.602. The molecule has 0 saturated carbocycles. The van der Waals surface area contributed by atoms with Crippen molar-refractivity contribution >= 4 is 17.1 Å². The number of fused-ring (bicyclic) bond motifs is 1. The second-order valence-corrected chi connectivity index (χ2v) is 4.20. The fourth-order valence-electron chi connectivity index (χ4n) is 1.79. The van der Waals surface area contributed by atoms with Gasteiger partial charge in [-0.2, -0.15) is 4.98 Å². The Morgan fingerprint density at radius 1 is 1.32 bits per heavy atom. The predicted octanol–water partition coefficient (Wildman–Crippen LogP) is 0.457. The van der Waals surface area contributed by atoms with Gasteiger partial charge in [-0.05, 0) is 6.42 Å². The molecule has 3 heterocycles. The molecule has 0 atom stereocenters. The maximum absolute atomic E-state index is 4.34. The monoisotopic (exact) mass is 258 g/mol. The topological polar surface area (TPSA) is 86.3 Å². The lowest BCUT2D eigenvalue weighted by molar-refractivity contribution is 0.569. The van der Waals surface area contributed by atoms with Crippen LogP contribution in [0.3, 0.4) is 0 Å². The zero-order valence-corrected chi connectivity index (χ0v) is 10.6. The predicted molar refractivity (Wildman–Crippen MR) is 69.4 cm³/mol. The van der Waals surface area contributed by atoms with Crippen LogP contribution in [0.1, 0.15) is 6.42 Å². The van der Waals surface area contributed by atoms with Crippen LogP contribution in [0, 0.1) is 0 Å². The van der Waals surface area contributed by atoms with Crippen LogP contribution in [-0.2, 0) is 13.6 Å². The van der Waals surface area contributed by atoms with E-state index in [0.29, 0.717) is 11.6 Å². The van der Waals surface area contributed by atoms with Crippen LogP contribution in [0.25, 0.3) is 11.2 Å². The van der Waals surface area contributed by atoms with E-state index in [-0.39, 0.29) is 0 Å². The van der Waals surface area contributed by atoms with Crippen LogP contribution in [0.4, 0.5) is 5.95 Å². The average Bonchev–Trinajstić information content (AvgIpc) is 3.05. The Hall–Kier alpha value is -2.51. The summed E-state index contributed by atoms with van der Waals surface area (Å²) in [6.07, 6.45) is 7.94. The molecule has 0 spiro atoms. The highest BCUT2D eigenvalue weighted by molar-refractivity contribution is 5.70.